The molecular weight excluding hydrogens is 294 g/mol. The van der Waals surface area contributed by atoms with Crippen LogP contribution in [0.1, 0.15) is 70.0 Å². The van der Waals surface area contributed by atoms with Gasteiger partial charge >= 0.3 is 0 Å². The lowest BCUT2D eigenvalue weighted by molar-refractivity contribution is 0.411. The van der Waals surface area contributed by atoms with E-state index < -0.39 is 0 Å². The fraction of sp³-hybridized carbons (Fsp3) is 0.625. The molecule has 2 aromatic rings. The minimum Gasteiger partial charge on any atom is -0.423 e. The van der Waals surface area contributed by atoms with Gasteiger partial charge in [-0.05, 0) is 6.42 Å². The number of nitrogens with one attached hydrogen (secondary N) is 1. The molecule has 0 atom stereocenters. The highest BCUT2D eigenvalue weighted by molar-refractivity contribution is 5.25. The molecule has 0 saturated carbocycles. The second-order valence-corrected chi connectivity index (χ2v) is 6.95. The Morgan fingerprint density at radius 3 is 2.57 bits per heavy atom. The smallest absolute Gasteiger partial charge is 0.270 e. The van der Waals surface area contributed by atoms with Crippen LogP contribution in [-0.2, 0) is 18.4 Å². The molecule has 0 aromatic carbocycles. The van der Waals surface area contributed by atoms with Crippen LogP contribution < -0.4 is 5.56 Å². The average molecular weight is 317 g/mol. The van der Waals surface area contributed by atoms with Gasteiger partial charge in [-0.3, -0.25) is 9.89 Å². The molecule has 0 unspecified atom stereocenters. The summed E-state index contributed by atoms with van der Waals surface area (Å²) in [6.07, 6.45) is 0.751. The van der Waals surface area contributed by atoms with Gasteiger partial charge in [-0.25, -0.2) is 4.68 Å². The van der Waals surface area contributed by atoms with Crippen LogP contribution in [0.25, 0.3) is 0 Å². The van der Waals surface area contributed by atoms with E-state index in [2.05, 4.69) is 21.4 Å². The monoisotopic (exact) mass is 317 g/mol. The van der Waals surface area contributed by atoms with Crippen LogP contribution in [0.3, 0.4) is 0 Å². The van der Waals surface area contributed by atoms with Gasteiger partial charge < -0.3 is 4.42 Å². The summed E-state index contributed by atoms with van der Waals surface area (Å²) in [7, 11) is 0. The molecule has 0 spiro atoms. The number of aromatic nitrogens is 4. The Balaban J connectivity index is 2.37. The summed E-state index contributed by atoms with van der Waals surface area (Å²) in [5.41, 5.74) is 1.16. The average Bonchev–Trinajstić information content (AvgIpc) is 3.03. The van der Waals surface area contributed by atoms with Crippen molar-refractivity contribution in [3.05, 3.63) is 33.4 Å². The van der Waals surface area contributed by atoms with Crippen molar-refractivity contribution in [3.8, 4) is 6.07 Å². The van der Waals surface area contributed by atoms with Crippen LogP contribution in [-0.4, -0.2) is 20.0 Å². The number of nitriles is 1. The van der Waals surface area contributed by atoms with E-state index in [4.69, 9.17) is 9.68 Å². The summed E-state index contributed by atoms with van der Waals surface area (Å²) in [5.74, 6) is 1.10. The molecular formula is C16H23N5O2. The van der Waals surface area contributed by atoms with Crippen molar-refractivity contribution in [1.82, 2.24) is 20.0 Å². The summed E-state index contributed by atoms with van der Waals surface area (Å²) < 4.78 is 7.04. The zero-order valence-electron chi connectivity index (χ0n) is 14.3. The molecule has 0 bridgehead atoms. The molecule has 23 heavy (non-hydrogen) atoms. The van der Waals surface area contributed by atoms with E-state index in [1.165, 1.54) is 4.68 Å². The maximum absolute atomic E-state index is 12.6. The lowest BCUT2D eigenvalue weighted by atomic mass is 9.88. The molecule has 0 radical (unpaired) electrons. The molecule has 124 valence electrons. The molecule has 2 heterocycles. The van der Waals surface area contributed by atoms with Gasteiger partial charge in [-0.1, -0.05) is 34.6 Å². The number of rotatable bonds is 5. The van der Waals surface area contributed by atoms with E-state index in [1.54, 1.807) is 0 Å². The molecule has 2 aromatic heterocycles. The van der Waals surface area contributed by atoms with Gasteiger partial charge in [0, 0.05) is 29.0 Å². The van der Waals surface area contributed by atoms with Crippen LogP contribution in [0.2, 0.25) is 0 Å². The fourth-order valence-corrected chi connectivity index (χ4v) is 2.37. The van der Waals surface area contributed by atoms with Gasteiger partial charge in [-0.2, -0.15) is 5.26 Å². The predicted molar refractivity (Wildman–Crippen MR) is 85.2 cm³/mol. The van der Waals surface area contributed by atoms with Gasteiger partial charge in [0.05, 0.1) is 6.07 Å². The number of hydrogen-bond acceptors (Lipinski definition) is 5. The SMILES string of the molecule is CC(C)c1nnc(Cn2[nH]c(C(C)(C)C)c(CCC#N)c2=O)o1. The van der Waals surface area contributed by atoms with E-state index in [0.29, 0.717) is 30.2 Å². The number of aromatic amines is 1. The lowest BCUT2D eigenvalue weighted by Crippen LogP contribution is -2.20. The molecule has 0 aliphatic heterocycles. The van der Waals surface area contributed by atoms with Gasteiger partial charge in [-0.15, -0.1) is 10.2 Å². The highest BCUT2D eigenvalue weighted by atomic mass is 16.4. The topological polar surface area (TPSA) is 100 Å². The Morgan fingerprint density at radius 1 is 1.35 bits per heavy atom. The zero-order valence-corrected chi connectivity index (χ0v) is 14.3. The molecule has 0 fully saturated rings. The van der Waals surface area contributed by atoms with Crippen molar-refractivity contribution in [2.24, 2.45) is 0 Å². The van der Waals surface area contributed by atoms with Gasteiger partial charge in [0.1, 0.15) is 6.54 Å². The maximum Gasteiger partial charge on any atom is 0.270 e. The summed E-state index contributed by atoms with van der Waals surface area (Å²) in [4.78, 5) is 12.6. The highest BCUT2D eigenvalue weighted by Crippen LogP contribution is 2.23. The van der Waals surface area contributed by atoms with Crippen LogP contribution in [0.5, 0.6) is 0 Å². The summed E-state index contributed by atoms with van der Waals surface area (Å²) in [6, 6.07) is 2.09. The third-order valence-electron chi connectivity index (χ3n) is 3.56. The molecule has 1 N–H and O–H groups in total. The van der Waals surface area contributed by atoms with Crippen LogP contribution in [0.15, 0.2) is 9.21 Å². The van der Waals surface area contributed by atoms with Crippen molar-refractivity contribution >= 4 is 0 Å². The lowest BCUT2D eigenvalue weighted by Gasteiger charge is -2.17. The fourth-order valence-electron chi connectivity index (χ4n) is 2.37. The molecule has 0 aliphatic rings. The predicted octanol–water partition coefficient (Wildman–Crippen LogP) is 2.48. The first-order valence-electron chi connectivity index (χ1n) is 7.75. The molecule has 2 rings (SSSR count). The van der Waals surface area contributed by atoms with Crippen molar-refractivity contribution < 1.29 is 4.42 Å². The van der Waals surface area contributed by atoms with Gasteiger partial charge in [0.2, 0.25) is 11.8 Å². The molecule has 7 nitrogen and oxygen atoms in total. The number of nitrogens with zero attached hydrogens (tertiary/aromatic N) is 4. The Hall–Kier alpha value is -2.36. The van der Waals surface area contributed by atoms with Gasteiger partial charge in [0.25, 0.3) is 5.56 Å². The Bertz CT molecular complexity index is 768. The van der Waals surface area contributed by atoms with Crippen molar-refractivity contribution in [2.75, 3.05) is 0 Å². The van der Waals surface area contributed by atoms with Crippen molar-refractivity contribution in [3.63, 3.8) is 0 Å². The quantitative estimate of drug-likeness (QED) is 0.913. The molecule has 0 aliphatic carbocycles. The van der Waals surface area contributed by atoms with Crippen LogP contribution >= 0.6 is 0 Å². The zero-order chi connectivity index (χ0) is 17.2. The first-order valence-corrected chi connectivity index (χ1v) is 7.75. The Morgan fingerprint density at radius 2 is 2.04 bits per heavy atom. The van der Waals surface area contributed by atoms with Crippen molar-refractivity contribution in [1.29, 1.82) is 5.26 Å². The third kappa shape index (κ3) is 3.70. The first kappa shape index (κ1) is 17.0. The molecule has 0 saturated heterocycles. The largest absolute Gasteiger partial charge is 0.423 e. The third-order valence-corrected chi connectivity index (χ3v) is 3.56. The molecule has 7 heteroatoms. The summed E-state index contributed by atoms with van der Waals surface area (Å²) >= 11 is 0. The van der Waals surface area contributed by atoms with Gasteiger partial charge in [0.15, 0.2) is 0 Å². The number of H-pyrrole nitrogens is 1. The normalized spacial score (nSPS) is 11.9. The van der Waals surface area contributed by atoms with Crippen LogP contribution in [0.4, 0.5) is 0 Å². The maximum atomic E-state index is 12.6. The van der Waals surface area contributed by atoms with E-state index in [0.717, 1.165) is 5.69 Å². The van der Waals surface area contributed by atoms with E-state index in [1.807, 2.05) is 34.6 Å². The minimum atomic E-state index is -0.215. The second kappa shape index (κ2) is 6.41. The summed E-state index contributed by atoms with van der Waals surface area (Å²) in [6.45, 7) is 10.2. The van der Waals surface area contributed by atoms with E-state index in [9.17, 15) is 4.79 Å². The summed E-state index contributed by atoms with van der Waals surface area (Å²) in [5, 5.41) is 19.9. The Labute approximate surface area is 135 Å². The van der Waals surface area contributed by atoms with Crippen LogP contribution in [0, 0.1) is 11.3 Å². The number of hydrogen-bond donors (Lipinski definition) is 1. The van der Waals surface area contributed by atoms with E-state index >= 15 is 0 Å². The highest BCUT2D eigenvalue weighted by Gasteiger charge is 2.25. The van der Waals surface area contributed by atoms with E-state index in [-0.39, 0.29) is 23.4 Å². The Kier molecular flexibility index (Phi) is 4.73. The second-order valence-electron chi connectivity index (χ2n) is 6.95. The first-order chi connectivity index (χ1) is 10.7. The minimum absolute atomic E-state index is 0.130. The van der Waals surface area contributed by atoms with Crippen molar-refractivity contribution in [2.45, 2.75) is 65.3 Å². The molecule has 0 amide bonds. The standard InChI is InChI=1S/C16H23N5O2/c1-10(2)14-19-18-12(23-14)9-21-15(22)11(7-6-8-17)13(20-21)16(3,4)5/h10,20H,6-7,9H2,1-5H3.